The number of aromatic nitrogens is 2. The molecule has 0 spiro atoms. The Kier molecular flexibility index (Phi) is 5.16. The first-order valence-electron chi connectivity index (χ1n) is 6.63. The molecule has 0 saturated carbocycles. The zero-order chi connectivity index (χ0) is 15.2. The van der Waals surface area contributed by atoms with Crippen LogP contribution < -0.4 is 11.1 Å². The largest absolute Gasteiger partial charge is 0.384 e. The zero-order valence-corrected chi connectivity index (χ0v) is 12.9. The summed E-state index contributed by atoms with van der Waals surface area (Å²) in [6.45, 7) is 3.80. The van der Waals surface area contributed by atoms with Crippen LogP contribution in [0.5, 0.6) is 0 Å². The molecule has 2 rings (SSSR count). The lowest BCUT2D eigenvalue weighted by molar-refractivity contribution is -0.119. The van der Waals surface area contributed by atoms with Crippen molar-refractivity contribution in [1.82, 2.24) is 15.3 Å². The zero-order valence-electron chi connectivity index (χ0n) is 12.0. The number of hydrogen-bond donors (Lipinski definition) is 2. The number of carbonyl (C=O) groups excluding carboxylic acids is 1. The fourth-order valence-corrected chi connectivity index (χ4v) is 2.59. The topological polar surface area (TPSA) is 80.9 Å². The summed E-state index contributed by atoms with van der Waals surface area (Å²) in [7, 11) is 0. The molecular formula is C15H18N4OS. The summed E-state index contributed by atoms with van der Waals surface area (Å²) in [5.74, 6) is 0.628. The van der Waals surface area contributed by atoms with E-state index in [-0.39, 0.29) is 17.7 Å². The van der Waals surface area contributed by atoms with Gasteiger partial charge < -0.3 is 11.1 Å². The lowest BCUT2D eigenvalue weighted by atomic mass is 10.1. The molecule has 0 saturated heterocycles. The molecule has 2 aromatic rings. The van der Waals surface area contributed by atoms with Crippen molar-refractivity contribution >= 4 is 23.5 Å². The molecule has 6 heteroatoms. The number of thioether (sulfide) groups is 1. The van der Waals surface area contributed by atoms with Crippen LogP contribution in [0, 0.1) is 6.92 Å². The van der Waals surface area contributed by atoms with Crippen molar-refractivity contribution < 1.29 is 4.79 Å². The van der Waals surface area contributed by atoms with Crippen LogP contribution >= 0.6 is 11.8 Å². The molecule has 1 aromatic heterocycles. The second-order valence-corrected chi connectivity index (χ2v) is 5.65. The molecule has 21 heavy (non-hydrogen) atoms. The van der Waals surface area contributed by atoms with Gasteiger partial charge in [-0.1, -0.05) is 42.1 Å². The van der Waals surface area contributed by atoms with Crippen LogP contribution in [-0.2, 0) is 4.79 Å². The Bertz CT molecular complexity index is 598. The standard InChI is InChI=1S/C15H18N4OS/c1-10-8-13(16)19-15(17-10)21-9-14(20)18-11(2)12-6-4-3-5-7-12/h3-8,11H,9H2,1-2H3,(H,18,20)(H2,16,17,19). The fraction of sp³-hybridized carbons (Fsp3) is 0.267. The highest BCUT2D eigenvalue weighted by atomic mass is 32.2. The molecule has 0 aliphatic heterocycles. The predicted molar refractivity (Wildman–Crippen MR) is 84.9 cm³/mol. The number of carbonyl (C=O) groups is 1. The molecule has 1 atom stereocenters. The van der Waals surface area contributed by atoms with Gasteiger partial charge in [0.2, 0.25) is 5.91 Å². The number of aryl methyl sites for hydroxylation is 1. The van der Waals surface area contributed by atoms with Crippen molar-refractivity contribution in [1.29, 1.82) is 0 Å². The molecule has 0 fully saturated rings. The maximum atomic E-state index is 12.0. The second kappa shape index (κ2) is 7.08. The first kappa shape index (κ1) is 15.3. The van der Waals surface area contributed by atoms with Crippen molar-refractivity contribution in [2.45, 2.75) is 25.0 Å². The number of benzene rings is 1. The van der Waals surface area contributed by atoms with Gasteiger partial charge in [-0.3, -0.25) is 4.79 Å². The summed E-state index contributed by atoms with van der Waals surface area (Å²) in [5, 5.41) is 3.47. The maximum Gasteiger partial charge on any atom is 0.230 e. The molecule has 1 amide bonds. The van der Waals surface area contributed by atoms with Crippen LogP contribution in [0.1, 0.15) is 24.2 Å². The van der Waals surface area contributed by atoms with E-state index in [4.69, 9.17) is 5.73 Å². The lowest BCUT2D eigenvalue weighted by Crippen LogP contribution is -2.28. The van der Waals surface area contributed by atoms with Gasteiger partial charge in [-0.2, -0.15) is 0 Å². The van der Waals surface area contributed by atoms with E-state index in [1.807, 2.05) is 44.2 Å². The first-order valence-corrected chi connectivity index (χ1v) is 7.61. The number of nitrogens with two attached hydrogens (primary N) is 1. The van der Waals surface area contributed by atoms with Crippen LogP contribution in [0.3, 0.4) is 0 Å². The van der Waals surface area contributed by atoms with Gasteiger partial charge in [-0.15, -0.1) is 0 Å². The molecule has 3 N–H and O–H groups in total. The van der Waals surface area contributed by atoms with Crippen LogP contribution in [0.25, 0.3) is 0 Å². The van der Waals surface area contributed by atoms with E-state index in [9.17, 15) is 4.79 Å². The fourth-order valence-electron chi connectivity index (χ4n) is 1.87. The van der Waals surface area contributed by atoms with Crippen LogP contribution in [-0.4, -0.2) is 21.6 Å². The molecule has 0 bridgehead atoms. The molecule has 0 radical (unpaired) electrons. The SMILES string of the molecule is Cc1cc(N)nc(SCC(=O)NC(C)c2ccccc2)n1. The normalized spacial score (nSPS) is 11.9. The van der Waals surface area contributed by atoms with E-state index in [1.54, 1.807) is 6.07 Å². The minimum atomic E-state index is -0.0555. The number of anilines is 1. The minimum Gasteiger partial charge on any atom is -0.384 e. The number of nitrogen functional groups attached to an aromatic ring is 1. The number of hydrogen-bond acceptors (Lipinski definition) is 5. The van der Waals surface area contributed by atoms with E-state index in [2.05, 4.69) is 15.3 Å². The average molecular weight is 302 g/mol. The highest BCUT2D eigenvalue weighted by Gasteiger charge is 2.10. The smallest absolute Gasteiger partial charge is 0.230 e. The van der Waals surface area contributed by atoms with E-state index in [1.165, 1.54) is 11.8 Å². The maximum absolute atomic E-state index is 12.0. The van der Waals surface area contributed by atoms with Crippen LogP contribution in [0.4, 0.5) is 5.82 Å². The Balaban J connectivity index is 1.87. The molecule has 1 aromatic carbocycles. The highest BCUT2D eigenvalue weighted by Crippen LogP contribution is 2.16. The van der Waals surface area contributed by atoms with Crippen molar-refractivity contribution in [3.05, 3.63) is 47.7 Å². The third-order valence-electron chi connectivity index (χ3n) is 2.86. The predicted octanol–water partition coefficient (Wildman–Crippen LogP) is 2.34. The number of amides is 1. The molecule has 1 unspecified atom stereocenters. The van der Waals surface area contributed by atoms with Crippen molar-refractivity contribution in [2.24, 2.45) is 0 Å². The second-order valence-electron chi connectivity index (χ2n) is 4.71. The Labute approximate surface area is 128 Å². The summed E-state index contributed by atoms with van der Waals surface area (Å²) in [6, 6.07) is 11.5. The van der Waals surface area contributed by atoms with Gasteiger partial charge in [0.15, 0.2) is 5.16 Å². The molecule has 0 aliphatic carbocycles. The number of rotatable bonds is 5. The minimum absolute atomic E-state index is 0.0252. The van der Waals surface area contributed by atoms with Crippen molar-refractivity contribution in [2.75, 3.05) is 11.5 Å². The quantitative estimate of drug-likeness (QED) is 0.654. The van der Waals surface area contributed by atoms with E-state index in [0.29, 0.717) is 11.0 Å². The summed E-state index contributed by atoms with van der Waals surface area (Å²) in [4.78, 5) is 20.3. The van der Waals surface area contributed by atoms with Gasteiger partial charge >= 0.3 is 0 Å². The molecule has 0 aliphatic rings. The van der Waals surface area contributed by atoms with E-state index in [0.717, 1.165) is 11.3 Å². The van der Waals surface area contributed by atoms with E-state index >= 15 is 0 Å². The van der Waals surface area contributed by atoms with Crippen molar-refractivity contribution in [3.8, 4) is 0 Å². The molecule has 1 heterocycles. The Morgan fingerprint density at radius 2 is 2.05 bits per heavy atom. The van der Waals surface area contributed by atoms with Crippen LogP contribution in [0.2, 0.25) is 0 Å². The summed E-state index contributed by atoms with van der Waals surface area (Å²) < 4.78 is 0. The Hall–Kier alpha value is -2.08. The summed E-state index contributed by atoms with van der Waals surface area (Å²) in [5.41, 5.74) is 7.53. The van der Waals surface area contributed by atoms with Gasteiger partial charge in [0.25, 0.3) is 0 Å². The summed E-state index contributed by atoms with van der Waals surface area (Å²) >= 11 is 1.28. The Morgan fingerprint density at radius 1 is 1.33 bits per heavy atom. The number of nitrogens with zero attached hydrogens (tertiary/aromatic N) is 2. The van der Waals surface area contributed by atoms with Gasteiger partial charge in [-0.05, 0) is 19.4 Å². The first-order chi connectivity index (χ1) is 10.0. The number of nitrogens with one attached hydrogen (secondary N) is 1. The Morgan fingerprint density at radius 3 is 2.71 bits per heavy atom. The summed E-state index contributed by atoms with van der Waals surface area (Å²) in [6.07, 6.45) is 0. The van der Waals surface area contributed by atoms with Gasteiger partial charge in [-0.25, -0.2) is 9.97 Å². The molecular weight excluding hydrogens is 284 g/mol. The monoisotopic (exact) mass is 302 g/mol. The van der Waals surface area contributed by atoms with E-state index < -0.39 is 0 Å². The lowest BCUT2D eigenvalue weighted by Gasteiger charge is -2.13. The van der Waals surface area contributed by atoms with Gasteiger partial charge in [0, 0.05) is 11.8 Å². The highest BCUT2D eigenvalue weighted by molar-refractivity contribution is 7.99. The average Bonchev–Trinajstić information content (AvgIpc) is 2.45. The molecule has 110 valence electrons. The molecule has 5 nitrogen and oxygen atoms in total. The third-order valence-corrected chi connectivity index (χ3v) is 3.71. The van der Waals surface area contributed by atoms with Gasteiger partial charge in [0.1, 0.15) is 5.82 Å². The van der Waals surface area contributed by atoms with Crippen molar-refractivity contribution in [3.63, 3.8) is 0 Å². The third kappa shape index (κ3) is 4.75. The van der Waals surface area contributed by atoms with Gasteiger partial charge in [0.05, 0.1) is 11.8 Å². The van der Waals surface area contributed by atoms with Crippen LogP contribution in [0.15, 0.2) is 41.6 Å².